The SMILES string of the molecule is O=c1cc(C(F)(F)Cl)oc(C(F)(F)Cl)c1. The van der Waals surface area contributed by atoms with Crippen molar-refractivity contribution in [1.82, 2.24) is 0 Å². The zero-order valence-electron chi connectivity index (χ0n) is 6.74. The Morgan fingerprint density at radius 1 is 1.00 bits per heavy atom. The van der Waals surface area contributed by atoms with Gasteiger partial charge >= 0.3 is 10.8 Å². The van der Waals surface area contributed by atoms with Crippen LogP contribution in [0, 0.1) is 0 Å². The lowest BCUT2D eigenvalue weighted by molar-refractivity contribution is 0.0353. The Bertz CT molecular complexity index is 383. The molecule has 0 bridgehead atoms. The molecule has 0 atom stereocenters. The minimum Gasteiger partial charge on any atom is -0.450 e. The summed E-state index contributed by atoms with van der Waals surface area (Å²) in [7, 11) is 0. The predicted molar refractivity (Wildman–Crippen MR) is 44.5 cm³/mol. The summed E-state index contributed by atoms with van der Waals surface area (Å²) in [5.74, 6) is -2.76. The highest BCUT2D eigenvalue weighted by molar-refractivity contribution is 6.22. The zero-order valence-corrected chi connectivity index (χ0v) is 8.25. The summed E-state index contributed by atoms with van der Waals surface area (Å²) < 4.78 is 53.8. The standard InChI is InChI=1S/C7H2Cl2F4O2/c8-6(10,11)4-1-3(14)2-5(15-4)7(9,12)13/h1-2H. The fourth-order valence-electron chi connectivity index (χ4n) is 0.757. The molecule has 0 aliphatic rings. The van der Waals surface area contributed by atoms with Crippen LogP contribution in [0.2, 0.25) is 0 Å². The molecule has 0 radical (unpaired) electrons. The molecule has 0 N–H and O–H groups in total. The third kappa shape index (κ3) is 3.10. The van der Waals surface area contributed by atoms with Gasteiger partial charge in [-0.15, -0.1) is 0 Å². The molecule has 1 aromatic heterocycles. The van der Waals surface area contributed by atoms with Gasteiger partial charge in [0.15, 0.2) is 16.9 Å². The minimum absolute atomic E-state index is 0.305. The molecule has 1 heterocycles. The van der Waals surface area contributed by atoms with Crippen molar-refractivity contribution in [2.75, 3.05) is 0 Å². The topological polar surface area (TPSA) is 30.2 Å². The minimum atomic E-state index is -4.04. The molecule has 84 valence electrons. The van der Waals surface area contributed by atoms with Crippen molar-refractivity contribution in [2.45, 2.75) is 10.8 Å². The first kappa shape index (κ1) is 12.3. The summed E-state index contributed by atoms with van der Waals surface area (Å²) in [5.41, 5.74) is -1.10. The van der Waals surface area contributed by atoms with Crippen LogP contribution < -0.4 is 5.43 Å². The maximum Gasteiger partial charge on any atom is 0.379 e. The Hall–Kier alpha value is -0.750. The molecular formula is C7H2Cl2F4O2. The molecule has 0 aliphatic carbocycles. The van der Waals surface area contributed by atoms with Gasteiger partial charge in [0.2, 0.25) is 0 Å². The molecule has 1 aromatic rings. The van der Waals surface area contributed by atoms with Crippen LogP contribution in [0.1, 0.15) is 11.5 Å². The lowest BCUT2D eigenvalue weighted by atomic mass is 10.3. The molecule has 0 saturated heterocycles. The Morgan fingerprint density at radius 2 is 1.33 bits per heavy atom. The van der Waals surface area contributed by atoms with Gasteiger partial charge in [0.25, 0.3) is 0 Å². The van der Waals surface area contributed by atoms with Crippen LogP contribution in [-0.4, -0.2) is 0 Å². The average molecular weight is 265 g/mol. The van der Waals surface area contributed by atoms with Crippen LogP contribution in [0.25, 0.3) is 0 Å². The number of hydrogen-bond acceptors (Lipinski definition) is 2. The van der Waals surface area contributed by atoms with Crippen molar-refractivity contribution >= 4 is 23.2 Å². The van der Waals surface area contributed by atoms with Crippen molar-refractivity contribution < 1.29 is 22.0 Å². The van der Waals surface area contributed by atoms with Crippen LogP contribution >= 0.6 is 23.2 Å². The van der Waals surface area contributed by atoms with Crippen LogP contribution in [-0.2, 0) is 10.8 Å². The van der Waals surface area contributed by atoms with Crippen molar-refractivity contribution in [3.8, 4) is 0 Å². The van der Waals surface area contributed by atoms with E-state index in [1.165, 1.54) is 0 Å². The van der Waals surface area contributed by atoms with Crippen molar-refractivity contribution in [3.05, 3.63) is 33.9 Å². The summed E-state index contributed by atoms with van der Waals surface area (Å²) >= 11 is 9.00. The molecule has 0 fully saturated rings. The molecule has 0 amide bonds. The molecule has 1 rings (SSSR count). The molecule has 0 aromatic carbocycles. The summed E-state index contributed by atoms with van der Waals surface area (Å²) in [5, 5.41) is -8.09. The molecule has 8 heteroatoms. The first-order valence-electron chi connectivity index (χ1n) is 3.40. The average Bonchev–Trinajstić information content (AvgIpc) is 1.99. The van der Waals surface area contributed by atoms with Gasteiger partial charge in [-0.05, 0) is 23.2 Å². The zero-order chi connectivity index (χ0) is 11.9. The van der Waals surface area contributed by atoms with Crippen molar-refractivity contribution in [1.29, 1.82) is 0 Å². The van der Waals surface area contributed by atoms with Gasteiger partial charge in [0.05, 0.1) is 0 Å². The summed E-state index contributed by atoms with van der Waals surface area (Å²) in [4.78, 5) is 10.8. The van der Waals surface area contributed by atoms with E-state index in [0.717, 1.165) is 0 Å². The third-order valence-corrected chi connectivity index (χ3v) is 1.70. The van der Waals surface area contributed by atoms with Crippen LogP contribution in [0.15, 0.2) is 21.3 Å². The van der Waals surface area contributed by atoms with Gasteiger partial charge in [-0.25, -0.2) is 0 Å². The van der Waals surface area contributed by atoms with E-state index in [0.29, 0.717) is 12.1 Å². The van der Waals surface area contributed by atoms with Crippen LogP contribution in [0.3, 0.4) is 0 Å². The second-order valence-electron chi connectivity index (χ2n) is 2.52. The third-order valence-electron chi connectivity index (χ3n) is 1.33. The number of hydrogen-bond donors (Lipinski definition) is 0. The predicted octanol–water partition coefficient (Wildman–Crippen LogP) is 3.22. The van der Waals surface area contributed by atoms with Crippen LogP contribution in [0.4, 0.5) is 17.6 Å². The summed E-state index contributed by atoms with van der Waals surface area (Å²) in [6, 6.07) is 0.609. The summed E-state index contributed by atoms with van der Waals surface area (Å²) in [6.07, 6.45) is 0. The molecule has 0 aliphatic heterocycles. The van der Waals surface area contributed by atoms with E-state index in [2.05, 4.69) is 27.6 Å². The van der Waals surface area contributed by atoms with E-state index >= 15 is 0 Å². The number of alkyl halides is 6. The normalized spacial score (nSPS) is 12.9. The van der Waals surface area contributed by atoms with E-state index < -0.39 is 27.7 Å². The quantitative estimate of drug-likeness (QED) is 0.607. The maximum atomic E-state index is 12.4. The van der Waals surface area contributed by atoms with Gasteiger partial charge in [-0.1, -0.05) is 0 Å². The smallest absolute Gasteiger partial charge is 0.379 e. The monoisotopic (exact) mass is 264 g/mol. The Morgan fingerprint density at radius 3 is 1.60 bits per heavy atom. The fraction of sp³-hybridized carbons (Fsp3) is 0.286. The Labute approximate surface area is 90.4 Å². The first-order valence-corrected chi connectivity index (χ1v) is 4.16. The van der Waals surface area contributed by atoms with Crippen molar-refractivity contribution in [2.24, 2.45) is 0 Å². The Kier molecular flexibility index (Phi) is 3.02. The number of rotatable bonds is 2. The van der Waals surface area contributed by atoms with Gasteiger partial charge in [0.1, 0.15) is 0 Å². The largest absolute Gasteiger partial charge is 0.450 e. The molecular weight excluding hydrogens is 263 g/mol. The lowest BCUT2D eigenvalue weighted by Gasteiger charge is -2.10. The molecule has 0 unspecified atom stereocenters. The Balaban J connectivity index is 3.36. The fourth-order valence-corrected chi connectivity index (χ4v) is 0.943. The molecule has 15 heavy (non-hydrogen) atoms. The molecule has 2 nitrogen and oxygen atoms in total. The van der Waals surface area contributed by atoms with Gasteiger partial charge < -0.3 is 4.42 Å². The molecule has 0 spiro atoms. The van der Waals surface area contributed by atoms with E-state index in [1.807, 2.05) is 0 Å². The van der Waals surface area contributed by atoms with E-state index in [1.54, 1.807) is 0 Å². The molecule has 0 saturated carbocycles. The lowest BCUT2D eigenvalue weighted by Crippen LogP contribution is -2.14. The van der Waals surface area contributed by atoms with Crippen molar-refractivity contribution in [3.63, 3.8) is 0 Å². The highest BCUT2D eigenvalue weighted by Gasteiger charge is 2.37. The number of halogens is 6. The van der Waals surface area contributed by atoms with Gasteiger partial charge in [0, 0.05) is 12.1 Å². The highest BCUT2D eigenvalue weighted by atomic mass is 35.5. The van der Waals surface area contributed by atoms with Gasteiger partial charge in [-0.2, -0.15) is 17.6 Å². The first-order chi connectivity index (χ1) is 6.60. The van der Waals surface area contributed by atoms with Crippen LogP contribution in [0.5, 0.6) is 0 Å². The van der Waals surface area contributed by atoms with E-state index in [9.17, 15) is 22.4 Å². The van der Waals surface area contributed by atoms with Gasteiger partial charge in [-0.3, -0.25) is 4.79 Å². The maximum absolute atomic E-state index is 12.4. The van der Waals surface area contributed by atoms with E-state index in [4.69, 9.17) is 0 Å². The second kappa shape index (κ2) is 3.68. The second-order valence-corrected chi connectivity index (χ2v) is 3.47. The van der Waals surface area contributed by atoms with E-state index in [-0.39, 0.29) is 0 Å². The summed E-state index contributed by atoms with van der Waals surface area (Å²) in [6.45, 7) is 0. The highest BCUT2D eigenvalue weighted by Crippen LogP contribution is 2.36.